The Hall–Kier alpha value is -2.61. The average Bonchev–Trinajstić information content (AvgIpc) is 3.01. The maximum Gasteiger partial charge on any atom is 0.272 e. The summed E-state index contributed by atoms with van der Waals surface area (Å²) < 4.78 is 41.3. The number of alkyl halides is 2. The van der Waals surface area contributed by atoms with Crippen molar-refractivity contribution in [1.82, 2.24) is 19.9 Å². The molecule has 1 amide bonds. The molecule has 9 heteroatoms. The first-order valence-corrected chi connectivity index (χ1v) is 7.72. The first kappa shape index (κ1) is 15.9. The van der Waals surface area contributed by atoms with Gasteiger partial charge in [-0.1, -0.05) is 17.7 Å². The van der Waals surface area contributed by atoms with E-state index in [-0.39, 0.29) is 16.3 Å². The van der Waals surface area contributed by atoms with Crippen LogP contribution in [0.25, 0.3) is 16.8 Å². The molecule has 1 aromatic carbocycles. The summed E-state index contributed by atoms with van der Waals surface area (Å²) in [6.45, 7) is 0. The number of nitrogens with zero attached hydrogens (tertiary/aromatic N) is 3. The fourth-order valence-electron chi connectivity index (χ4n) is 2.56. The van der Waals surface area contributed by atoms with Crippen LogP contribution in [-0.2, 0) is 0 Å². The largest absolute Gasteiger partial charge is 0.342 e. The smallest absolute Gasteiger partial charge is 0.272 e. The van der Waals surface area contributed by atoms with Gasteiger partial charge in [0.1, 0.15) is 5.82 Å². The average molecular weight is 367 g/mol. The summed E-state index contributed by atoms with van der Waals surface area (Å²) in [5.74, 6) is -4.34. The van der Waals surface area contributed by atoms with Crippen LogP contribution in [0.1, 0.15) is 16.9 Å². The number of aromatic nitrogens is 3. The van der Waals surface area contributed by atoms with Gasteiger partial charge in [0.25, 0.3) is 11.8 Å². The molecule has 0 saturated heterocycles. The van der Waals surface area contributed by atoms with Crippen LogP contribution in [0.3, 0.4) is 0 Å². The highest BCUT2D eigenvalue weighted by molar-refractivity contribution is 6.30. The zero-order valence-electron chi connectivity index (χ0n) is 12.5. The third-order valence-corrected chi connectivity index (χ3v) is 4.26. The van der Waals surface area contributed by atoms with E-state index >= 15 is 0 Å². The van der Waals surface area contributed by atoms with E-state index < -0.39 is 30.1 Å². The number of carbonyl (C=O) groups excluding carboxylic acids is 1. The van der Waals surface area contributed by atoms with Gasteiger partial charge in [-0.05, 0) is 23.8 Å². The second-order valence-electron chi connectivity index (χ2n) is 5.73. The maximum absolute atomic E-state index is 13.8. The standard InChI is InChI=1S/C16H10ClF3N4O/c17-9-3-2-8(6-10(9)18)12-13(15(25)22-11-7-16(11,19)20)23-24-5-1-4-21-14(12)24/h1-6,11H,7H2,(H,22,25). The van der Waals surface area contributed by atoms with Gasteiger partial charge in [-0.15, -0.1) is 0 Å². The van der Waals surface area contributed by atoms with Crippen molar-refractivity contribution in [1.29, 1.82) is 0 Å². The third kappa shape index (κ3) is 2.72. The molecule has 1 aliphatic rings. The minimum absolute atomic E-state index is 0.0724. The first-order chi connectivity index (χ1) is 11.9. The normalized spacial score (nSPS) is 18.3. The van der Waals surface area contributed by atoms with Crippen molar-refractivity contribution in [2.45, 2.75) is 18.4 Å². The van der Waals surface area contributed by atoms with E-state index in [1.54, 1.807) is 12.3 Å². The number of rotatable bonds is 3. The van der Waals surface area contributed by atoms with Gasteiger partial charge in [0.15, 0.2) is 11.3 Å². The number of hydrogen-bond donors (Lipinski definition) is 1. The molecule has 5 nitrogen and oxygen atoms in total. The number of carbonyl (C=O) groups is 1. The van der Waals surface area contributed by atoms with Crippen LogP contribution in [0.2, 0.25) is 5.02 Å². The zero-order chi connectivity index (χ0) is 17.8. The number of fused-ring (bicyclic) bond motifs is 1. The molecule has 0 radical (unpaired) electrons. The van der Waals surface area contributed by atoms with Crippen molar-refractivity contribution in [2.75, 3.05) is 0 Å². The highest BCUT2D eigenvalue weighted by Gasteiger charge is 2.58. The summed E-state index contributed by atoms with van der Waals surface area (Å²) >= 11 is 5.70. The van der Waals surface area contributed by atoms with Crippen LogP contribution in [0.4, 0.5) is 13.2 Å². The molecule has 1 atom stereocenters. The minimum atomic E-state index is -2.90. The van der Waals surface area contributed by atoms with Crippen molar-refractivity contribution in [2.24, 2.45) is 0 Å². The molecule has 1 aliphatic carbocycles. The van der Waals surface area contributed by atoms with Crippen LogP contribution in [0.5, 0.6) is 0 Å². The quantitative estimate of drug-likeness (QED) is 0.773. The fraction of sp³-hybridized carbons (Fsp3) is 0.188. The molecule has 0 spiro atoms. The number of benzene rings is 1. The molecule has 2 heterocycles. The van der Waals surface area contributed by atoms with Gasteiger partial charge in [-0.25, -0.2) is 22.7 Å². The summed E-state index contributed by atoms with van der Waals surface area (Å²) in [7, 11) is 0. The molecular formula is C16H10ClF3N4O. The van der Waals surface area contributed by atoms with Crippen molar-refractivity contribution in [3.63, 3.8) is 0 Å². The highest BCUT2D eigenvalue weighted by Crippen LogP contribution is 2.42. The molecule has 0 bridgehead atoms. The molecular weight excluding hydrogens is 357 g/mol. The van der Waals surface area contributed by atoms with Crippen LogP contribution in [0, 0.1) is 5.82 Å². The number of amides is 1. The monoisotopic (exact) mass is 366 g/mol. The van der Waals surface area contributed by atoms with E-state index in [0.717, 1.165) is 6.07 Å². The Morgan fingerprint density at radius 2 is 2.16 bits per heavy atom. The van der Waals surface area contributed by atoms with E-state index in [2.05, 4.69) is 15.4 Å². The molecule has 128 valence electrons. The molecule has 0 aliphatic heterocycles. The molecule has 2 aromatic heterocycles. The first-order valence-electron chi connectivity index (χ1n) is 7.34. The Labute approximate surface area is 144 Å². The third-order valence-electron chi connectivity index (χ3n) is 3.95. The van der Waals surface area contributed by atoms with Crippen LogP contribution in [0.15, 0.2) is 36.7 Å². The number of hydrogen-bond acceptors (Lipinski definition) is 3. The van der Waals surface area contributed by atoms with E-state index in [1.807, 2.05) is 0 Å². The van der Waals surface area contributed by atoms with Gasteiger partial charge in [0.05, 0.1) is 16.6 Å². The Kier molecular flexibility index (Phi) is 3.47. The van der Waals surface area contributed by atoms with E-state index in [9.17, 15) is 18.0 Å². The van der Waals surface area contributed by atoms with Crippen molar-refractivity contribution in [3.05, 3.63) is 53.2 Å². The van der Waals surface area contributed by atoms with E-state index in [0.29, 0.717) is 11.2 Å². The van der Waals surface area contributed by atoms with Gasteiger partial charge in [0.2, 0.25) is 0 Å². The molecule has 1 unspecified atom stereocenters. The number of halogens is 4. The Balaban J connectivity index is 1.83. The van der Waals surface area contributed by atoms with Crippen LogP contribution < -0.4 is 5.32 Å². The van der Waals surface area contributed by atoms with Gasteiger partial charge < -0.3 is 5.32 Å². The van der Waals surface area contributed by atoms with Crippen LogP contribution >= 0.6 is 11.6 Å². The lowest BCUT2D eigenvalue weighted by molar-refractivity contribution is 0.0845. The van der Waals surface area contributed by atoms with Gasteiger partial charge >= 0.3 is 0 Å². The molecule has 1 N–H and O–H groups in total. The lowest BCUT2D eigenvalue weighted by Crippen LogP contribution is -2.30. The molecule has 4 rings (SSSR count). The lowest BCUT2D eigenvalue weighted by Gasteiger charge is -2.05. The predicted octanol–water partition coefficient (Wildman–Crippen LogP) is 3.33. The highest BCUT2D eigenvalue weighted by atomic mass is 35.5. The Bertz CT molecular complexity index is 1000. The van der Waals surface area contributed by atoms with Crippen molar-refractivity contribution < 1.29 is 18.0 Å². The second kappa shape index (κ2) is 5.45. The molecule has 3 aromatic rings. The predicted molar refractivity (Wildman–Crippen MR) is 84.2 cm³/mol. The lowest BCUT2D eigenvalue weighted by atomic mass is 10.1. The summed E-state index contributed by atoms with van der Waals surface area (Å²) in [5.41, 5.74) is 0.765. The topological polar surface area (TPSA) is 59.3 Å². The second-order valence-corrected chi connectivity index (χ2v) is 6.14. The minimum Gasteiger partial charge on any atom is -0.342 e. The Morgan fingerprint density at radius 1 is 1.40 bits per heavy atom. The maximum atomic E-state index is 13.8. The SMILES string of the molecule is O=C(NC1CC1(F)F)c1nn2cccnc2c1-c1ccc(Cl)c(F)c1. The summed E-state index contributed by atoms with van der Waals surface area (Å²) in [6, 6.07) is 4.39. The fourth-order valence-corrected chi connectivity index (χ4v) is 2.68. The van der Waals surface area contributed by atoms with Crippen molar-refractivity contribution >= 4 is 23.2 Å². The molecule has 1 saturated carbocycles. The van der Waals surface area contributed by atoms with Gasteiger partial charge in [0, 0.05) is 18.8 Å². The van der Waals surface area contributed by atoms with E-state index in [1.165, 1.54) is 22.8 Å². The van der Waals surface area contributed by atoms with Crippen molar-refractivity contribution in [3.8, 4) is 11.1 Å². The van der Waals surface area contributed by atoms with Gasteiger partial charge in [-0.2, -0.15) is 5.10 Å². The summed E-state index contributed by atoms with van der Waals surface area (Å²) in [4.78, 5) is 16.6. The summed E-state index contributed by atoms with van der Waals surface area (Å²) in [5, 5.41) is 6.28. The van der Waals surface area contributed by atoms with E-state index in [4.69, 9.17) is 11.6 Å². The molecule has 1 fully saturated rings. The summed E-state index contributed by atoms with van der Waals surface area (Å²) in [6.07, 6.45) is 2.64. The van der Waals surface area contributed by atoms with Crippen LogP contribution in [-0.4, -0.2) is 32.5 Å². The Morgan fingerprint density at radius 3 is 2.84 bits per heavy atom. The van der Waals surface area contributed by atoms with Gasteiger partial charge in [-0.3, -0.25) is 4.79 Å². The number of nitrogens with one attached hydrogen (secondary N) is 1. The zero-order valence-corrected chi connectivity index (χ0v) is 13.3. The molecule has 25 heavy (non-hydrogen) atoms.